The van der Waals surface area contributed by atoms with Crippen LogP contribution in [0.1, 0.15) is 59.8 Å². The zero-order chi connectivity index (χ0) is 28.6. The number of allylic oxidation sites excluding steroid dienone is 5. The number of carbonyl (C=O) groups is 1. The van der Waals surface area contributed by atoms with Crippen molar-refractivity contribution >= 4 is 5.97 Å². The van der Waals surface area contributed by atoms with Crippen molar-refractivity contribution in [2.45, 2.75) is 103 Å². The van der Waals surface area contributed by atoms with Gasteiger partial charge in [-0.05, 0) is 61.2 Å². The van der Waals surface area contributed by atoms with Gasteiger partial charge in [-0.25, -0.2) is 4.79 Å². The Labute approximate surface area is 227 Å². The minimum absolute atomic E-state index is 0.0474. The Kier molecular flexibility index (Phi) is 12.4. The maximum absolute atomic E-state index is 12.8. The number of aliphatic hydroxyl groups excluding tert-OH is 4. The average molecular weight is 531 g/mol. The first-order valence-corrected chi connectivity index (χ1v) is 13.5. The van der Waals surface area contributed by atoms with E-state index in [0.29, 0.717) is 29.9 Å². The smallest absolute Gasteiger partial charge is 0.331 e. The van der Waals surface area contributed by atoms with E-state index in [4.69, 9.17) is 9.47 Å². The minimum atomic E-state index is -1.51. The lowest BCUT2D eigenvalue weighted by atomic mass is 9.89. The van der Waals surface area contributed by atoms with Crippen molar-refractivity contribution in [2.75, 3.05) is 0 Å². The normalized spacial score (nSPS) is 38.5. The summed E-state index contributed by atoms with van der Waals surface area (Å²) in [5, 5.41) is 41.8. The summed E-state index contributed by atoms with van der Waals surface area (Å²) in [7, 11) is 0. The quantitative estimate of drug-likeness (QED) is 0.245. The van der Waals surface area contributed by atoms with Crippen LogP contribution in [0.5, 0.6) is 0 Å². The van der Waals surface area contributed by atoms with Gasteiger partial charge in [0.25, 0.3) is 0 Å². The fourth-order valence-electron chi connectivity index (χ4n) is 4.86. The molecule has 38 heavy (non-hydrogen) atoms. The van der Waals surface area contributed by atoms with Crippen LogP contribution in [-0.2, 0) is 14.3 Å². The number of esters is 1. The molecular weight excluding hydrogens is 484 g/mol. The van der Waals surface area contributed by atoms with Gasteiger partial charge < -0.3 is 29.9 Å². The highest BCUT2D eigenvalue weighted by molar-refractivity contribution is 5.83. The Balaban J connectivity index is 2.28. The maximum Gasteiger partial charge on any atom is 0.331 e. The summed E-state index contributed by atoms with van der Waals surface area (Å²) < 4.78 is 11.9. The van der Waals surface area contributed by atoms with Crippen LogP contribution in [0.3, 0.4) is 0 Å². The van der Waals surface area contributed by atoms with Gasteiger partial charge in [0.15, 0.2) is 0 Å². The Hall–Kier alpha value is -2.29. The maximum atomic E-state index is 12.8. The molecule has 7 nitrogen and oxygen atoms in total. The van der Waals surface area contributed by atoms with E-state index in [9.17, 15) is 25.2 Å². The molecule has 0 aliphatic carbocycles. The van der Waals surface area contributed by atoms with E-state index in [0.717, 1.165) is 18.4 Å². The van der Waals surface area contributed by atoms with Crippen LogP contribution in [0.4, 0.5) is 0 Å². The summed E-state index contributed by atoms with van der Waals surface area (Å²) in [5.74, 6) is -0.134. The molecule has 0 spiro atoms. The second kappa shape index (κ2) is 14.8. The molecule has 7 heteroatoms. The van der Waals surface area contributed by atoms with Crippen molar-refractivity contribution in [3.05, 3.63) is 72.4 Å². The molecule has 0 amide bonds. The van der Waals surface area contributed by atoms with Crippen LogP contribution in [0.2, 0.25) is 0 Å². The lowest BCUT2D eigenvalue weighted by molar-refractivity contribution is -0.146. The van der Waals surface area contributed by atoms with Crippen molar-refractivity contribution < 1.29 is 34.7 Å². The van der Waals surface area contributed by atoms with Crippen molar-refractivity contribution in [1.29, 1.82) is 0 Å². The Morgan fingerprint density at radius 3 is 2.37 bits per heavy atom. The van der Waals surface area contributed by atoms with Crippen molar-refractivity contribution in [1.82, 2.24) is 0 Å². The summed E-state index contributed by atoms with van der Waals surface area (Å²) in [6.45, 7) is 19.7. The van der Waals surface area contributed by atoms with Gasteiger partial charge in [0.2, 0.25) is 0 Å². The highest BCUT2D eigenvalue weighted by Gasteiger charge is 2.51. The van der Waals surface area contributed by atoms with Gasteiger partial charge in [-0.1, -0.05) is 76.8 Å². The second-order valence-electron chi connectivity index (χ2n) is 10.8. The van der Waals surface area contributed by atoms with E-state index in [2.05, 4.69) is 33.6 Å². The molecule has 0 aromatic rings. The number of carbonyl (C=O) groups excluding carboxylic acids is 1. The van der Waals surface area contributed by atoms with Gasteiger partial charge in [-0.15, -0.1) is 0 Å². The van der Waals surface area contributed by atoms with Crippen LogP contribution >= 0.6 is 0 Å². The van der Waals surface area contributed by atoms with Gasteiger partial charge in [0.05, 0.1) is 6.10 Å². The van der Waals surface area contributed by atoms with Crippen LogP contribution in [0.15, 0.2) is 72.4 Å². The summed E-state index contributed by atoms with van der Waals surface area (Å²) in [4.78, 5) is 12.8. The summed E-state index contributed by atoms with van der Waals surface area (Å²) in [5.41, 5.74) is 1.70. The first-order valence-electron chi connectivity index (χ1n) is 13.5. The third-order valence-corrected chi connectivity index (χ3v) is 7.26. The highest BCUT2D eigenvalue weighted by atomic mass is 16.6. The monoisotopic (exact) mass is 530 g/mol. The number of ether oxygens (including phenoxy) is 2. The highest BCUT2D eigenvalue weighted by Crippen LogP contribution is 2.39. The van der Waals surface area contributed by atoms with E-state index in [1.807, 2.05) is 6.92 Å². The standard InChI is InChI=1S/C31H46O7/c1-8-11-21(5)29-31(38-29)30-22(6)16-18(2)13-10-15-24(32)27(35)23(7)28(36)26(34)20(4)14-9-12-19(3)17-25(33)37-30/h9-10,12,15,17,21-22,24,26-32,34-36H,2,4,7-8,11,13-14,16H2,1,3,5-6H3/b12-9-,15-10-,19-17-/t21-,22-,24-,26-,27-,28-,29-,30+,31+/m0/s1. The lowest BCUT2D eigenvalue weighted by Gasteiger charge is -2.26. The van der Waals surface area contributed by atoms with E-state index < -0.39 is 36.5 Å². The molecule has 4 N–H and O–H groups in total. The number of aliphatic hydroxyl groups is 4. The predicted molar refractivity (Wildman–Crippen MR) is 149 cm³/mol. The molecule has 0 aromatic heterocycles. The molecule has 0 unspecified atom stereocenters. The topological polar surface area (TPSA) is 120 Å². The summed E-state index contributed by atoms with van der Waals surface area (Å²) in [6, 6.07) is 0. The first-order chi connectivity index (χ1) is 17.9. The van der Waals surface area contributed by atoms with Crippen LogP contribution in [0, 0.1) is 11.8 Å². The fraction of sp³-hybridized carbons (Fsp3) is 0.581. The van der Waals surface area contributed by atoms with Crippen molar-refractivity contribution in [3.63, 3.8) is 0 Å². The Morgan fingerprint density at radius 1 is 1.03 bits per heavy atom. The predicted octanol–water partition coefficient (Wildman–Crippen LogP) is 4.09. The SMILES string of the molecule is C=C1C/C=C\[C@H](O)[C@@H](O)C(=C)[C@H](O)[C@@H](O)C(=C)C/C=C\C(C)=C/C(=O)O[C@@H]([C@@H]2O[C@H]2[C@@H](C)CCC)[C@@H](C)C1. The number of epoxide rings is 1. The largest absolute Gasteiger partial charge is 0.456 e. The number of hydrogen-bond acceptors (Lipinski definition) is 7. The third-order valence-electron chi connectivity index (χ3n) is 7.26. The van der Waals surface area contributed by atoms with Gasteiger partial charge in [-0.2, -0.15) is 0 Å². The summed E-state index contributed by atoms with van der Waals surface area (Å²) in [6.07, 6.45) is 5.05. The van der Waals surface area contributed by atoms with E-state index >= 15 is 0 Å². The first kappa shape index (κ1) is 31.9. The van der Waals surface area contributed by atoms with E-state index in [-0.39, 0.29) is 30.1 Å². The third kappa shape index (κ3) is 9.17. The molecule has 0 radical (unpaired) electrons. The minimum Gasteiger partial charge on any atom is -0.456 e. The molecule has 0 bridgehead atoms. The Bertz CT molecular complexity index is 946. The molecule has 1 fully saturated rings. The van der Waals surface area contributed by atoms with Crippen LogP contribution in [0.25, 0.3) is 0 Å². The van der Waals surface area contributed by atoms with Crippen LogP contribution in [-0.4, -0.2) is 69.1 Å². The average Bonchev–Trinajstić information content (AvgIpc) is 3.65. The van der Waals surface area contributed by atoms with E-state index in [1.54, 1.807) is 25.2 Å². The van der Waals surface area contributed by atoms with Gasteiger partial charge in [0.1, 0.15) is 36.6 Å². The van der Waals surface area contributed by atoms with Crippen molar-refractivity contribution in [3.8, 4) is 0 Å². The fourth-order valence-corrected chi connectivity index (χ4v) is 4.86. The molecule has 9 atom stereocenters. The van der Waals surface area contributed by atoms with Crippen molar-refractivity contribution in [2.24, 2.45) is 11.8 Å². The molecule has 0 aromatic carbocycles. The summed E-state index contributed by atoms with van der Waals surface area (Å²) >= 11 is 0. The molecule has 212 valence electrons. The molecule has 1 saturated heterocycles. The molecule has 2 aliphatic heterocycles. The number of cyclic esters (lactones) is 1. The van der Waals surface area contributed by atoms with E-state index in [1.165, 1.54) is 12.2 Å². The number of rotatable bonds is 4. The van der Waals surface area contributed by atoms with Crippen LogP contribution < -0.4 is 0 Å². The molecule has 2 aliphatic rings. The van der Waals surface area contributed by atoms with Gasteiger partial charge in [-0.3, -0.25) is 0 Å². The lowest BCUT2D eigenvalue weighted by Crippen LogP contribution is -2.37. The molecule has 2 heterocycles. The Morgan fingerprint density at radius 2 is 1.71 bits per heavy atom. The molecule has 0 saturated carbocycles. The second-order valence-corrected chi connectivity index (χ2v) is 10.8. The zero-order valence-electron chi connectivity index (χ0n) is 23.3. The van der Waals surface area contributed by atoms with Gasteiger partial charge in [0, 0.05) is 6.08 Å². The van der Waals surface area contributed by atoms with Gasteiger partial charge >= 0.3 is 5.97 Å². The molecule has 2 rings (SSSR count). The number of hydrogen-bond donors (Lipinski definition) is 4. The zero-order valence-corrected chi connectivity index (χ0v) is 23.3. The molecular formula is C31H46O7.